The molecule has 0 aliphatic carbocycles. The van der Waals surface area contributed by atoms with Gasteiger partial charge in [0.25, 0.3) is 0 Å². The minimum Gasteiger partial charge on any atom is -0.481 e. The molecule has 0 saturated heterocycles. The summed E-state index contributed by atoms with van der Waals surface area (Å²) in [4.78, 5) is 13.6. The van der Waals surface area contributed by atoms with Gasteiger partial charge in [-0.2, -0.15) is 13.2 Å². The number of nitrogens with zero attached hydrogens (tertiary/aromatic N) is 1. The second-order valence-electron chi connectivity index (χ2n) is 2.73. The van der Waals surface area contributed by atoms with E-state index in [1.807, 2.05) is 0 Å². The molecule has 0 aliphatic heterocycles. The fourth-order valence-corrected chi connectivity index (χ4v) is 1.21. The summed E-state index contributed by atoms with van der Waals surface area (Å²) in [5.41, 5.74) is -1.47. The van der Waals surface area contributed by atoms with Crippen molar-refractivity contribution in [2.45, 2.75) is 12.6 Å². The molecule has 1 heterocycles. The van der Waals surface area contributed by atoms with Gasteiger partial charge in [0.1, 0.15) is 5.15 Å². The van der Waals surface area contributed by atoms with Gasteiger partial charge in [0.15, 0.2) is 0 Å². The number of alkyl halides is 3. The molecule has 3 nitrogen and oxygen atoms in total. The van der Waals surface area contributed by atoms with Crippen molar-refractivity contribution in [3.8, 4) is 0 Å². The number of aromatic nitrogens is 1. The standard InChI is InChI=1S/C8H5ClF3NO2/c9-6-1-4(2-7(14)15)5(3-13-6)8(10,11)12/h1,3H,2H2,(H,14,15). The number of carbonyl (C=O) groups is 1. The van der Waals surface area contributed by atoms with Gasteiger partial charge in [-0.1, -0.05) is 11.6 Å². The van der Waals surface area contributed by atoms with Gasteiger partial charge in [-0.15, -0.1) is 0 Å². The van der Waals surface area contributed by atoms with Gasteiger partial charge in [0.05, 0.1) is 12.0 Å². The lowest BCUT2D eigenvalue weighted by Crippen LogP contribution is -2.12. The van der Waals surface area contributed by atoms with E-state index in [-0.39, 0.29) is 5.15 Å². The first-order chi connectivity index (χ1) is 6.80. The number of aliphatic carboxylic acids is 1. The van der Waals surface area contributed by atoms with Gasteiger partial charge in [-0.05, 0) is 11.6 Å². The van der Waals surface area contributed by atoms with Crippen molar-refractivity contribution in [1.82, 2.24) is 4.98 Å². The molecule has 0 atom stereocenters. The van der Waals surface area contributed by atoms with Crippen molar-refractivity contribution < 1.29 is 23.1 Å². The molecule has 0 unspecified atom stereocenters. The van der Waals surface area contributed by atoms with Crippen molar-refractivity contribution in [1.29, 1.82) is 0 Å². The molecular formula is C8H5ClF3NO2. The van der Waals surface area contributed by atoms with Crippen LogP contribution in [-0.4, -0.2) is 16.1 Å². The zero-order valence-corrected chi connectivity index (χ0v) is 7.93. The third-order valence-corrected chi connectivity index (χ3v) is 1.81. The molecular weight excluding hydrogens is 235 g/mol. The molecule has 0 aliphatic rings. The second kappa shape index (κ2) is 4.06. The average molecular weight is 240 g/mol. The fourth-order valence-electron chi connectivity index (χ4n) is 1.03. The van der Waals surface area contributed by atoms with Gasteiger partial charge in [0, 0.05) is 6.20 Å². The molecule has 0 aromatic carbocycles. The molecule has 82 valence electrons. The zero-order chi connectivity index (χ0) is 11.6. The van der Waals surface area contributed by atoms with Crippen LogP contribution in [0.15, 0.2) is 12.3 Å². The van der Waals surface area contributed by atoms with Crippen molar-refractivity contribution in [2.24, 2.45) is 0 Å². The van der Waals surface area contributed by atoms with Gasteiger partial charge >= 0.3 is 12.1 Å². The van der Waals surface area contributed by atoms with Crippen molar-refractivity contribution in [3.05, 3.63) is 28.5 Å². The first kappa shape index (κ1) is 11.8. The third kappa shape index (κ3) is 3.09. The van der Waals surface area contributed by atoms with E-state index < -0.39 is 29.7 Å². The SMILES string of the molecule is O=C(O)Cc1cc(Cl)ncc1C(F)(F)F. The molecule has 1 aromatic rings. The predicted octanol–water partition coefficient (Wildman–Crippen LogP) is 2.38. The Morgan fingerprint density at radius 2 is 2.13 bits per heavy atom. The van der Waals surface area contributed by atoms with Gasteiger partial charge in [-0.25, -0.2) is 4.98 Å². The maximum absolute atomic E-state index is 12.4. The smallest absolute Gasteiger partial charge is 0.418 e. The Bertz CT molecular complexity index is 392. The Morgan fingerprint density at radius 1 is 1.53 bits per heavy atom. The molecule has 0 bridgehead atoms. The van der Waals surface area contributed by atoms with E-state index in [1.54, 1.807) is 0 Å². The topological polar surface area (TPSA) is 50.2 Å². The number of carboxylic acids is 1. The van der Waals surface area contributed by atoms with Crippen LogP contribution in [0.4, 0.5) is 13.2 Å². The Labute approximate surface area is 87.5 Å². The minimum absolute atomic E-state index is 0.167. The quantitative estimate of drug-likeness (QED) is 0.806. The molecule has 0 saturated carbocycles. The van der Waals surface area contributed by atoms with Gasteiger partial charge in [0.2, 0.25) is 0 Å². The monoisotopic (exact) mass is 239 g/mol. The van der Waals surface area contributed by atoms with E-state index in [4.69, 9.17) is 16.7 Å². The lowest BCUT2D eigenvalue weighted by Gasteiger charge is -2.10. The summed E-state index contributed by atoms with van der Waals surface area (Å²) < 4.78 is 37.1. The number of pyridine rings is 1. The minimum atomic E-state index is -4.62. The highest BCUT2D eigenvalue weighted by molar-refractivity contribution is 6.29. The van der Waals surface area contributed by atoms with Crippen LogP contribution in [0.1, 0.15) is 11.1 Å². The summed E-state index contributed by atoms with van der Waals surface area (Å²) in [6.07, 6.45) is -4.83. The Morgan fingerprint density at radius 3 is 2.60 bits per heavy atom. The summed E-state index contributed by atoms with van der Waals surface area (Å²) >= 11 is 5.38. The maximum Gasteiger partial charge on any atom is 0.418 e. The summed E-state index contributed by atoms with van der Waals surface area (Å²) in [5.74, 6) is -1.36. The highest BCUT2D eigenvalue weighted by Crippen LogP contribution is 2.32. The summed E-state index contributed by atoms with van der Waals surface area (Å²) in [7, 11) is 0. The van der Waals surface area contributed by atoms with Crippen LogP contribution in [-0.2, 0) is 17.4 Å². The summed E-state index contributed by atoms with van der Waals surface area (Å²) in [6, 6.07) is 0.901. The average Bonchev–Trinajstić information content (AvgIpc) is 1.99. The van der Waals surface area contributed by atoms with Crippen LogP contribution in [0.3, 0.4) is 0 Å². The molecule has 15 heavy (non-hydrogen) atoms. The molecule has 0 spiro atoms. The highest BCUT2D eigenvalue weighted by Gasteiger charge is 2.34. The van der Waals surface area contributed by atoms with Crippen LogP contribution < -0.4 is 0 Å². The Hall–Kier alpha value is -1.30. The van der Waals surface area contributed by atoms with Gasteiger partial charge in [-0.3, -0.25) is 4.79 Å². The number of halogens is 4. The van der Waals surface area contributed by atoms with E-state index in [0.717, 1.165) is 6.07 Å². The third-order valence-electron chi connectivity index (χ3n) is 1.60. The molecule has 7 heteroatoms. The van der Waals surface area contributed by atoms with E-state index in [1.165, 1.54) is 0 Å². The van der Waals surface area contributed by atoms with E-state index in [0.29, 0.717) is 6.20 Å². The molecule has 0 amide bonds. The second-order valence-corrected chi connectivity index (χ2v) is 3.12. The zero-order valence-electron chi connectivity index (χ0n) is 7.18. The van der Waals surface area contributed by atoms with Crippen LogP contribution >= 0.6 is 11.6 Å². The Kier molecular flexibility index (Phi) is 3.18. The Balaban J connectivity index is 3.20. The lowest BCUT2D eigenvalue weighted by molar-refractivity contribution is -0.139. The summed E-state index contributed by atoms with van der Waals surface area (Å²) in [5, 5.41) is 8.25. The van der Waals surface area contributed by atoms with Crippen LogP contribution in [0.5, 0.6) is 0 Å². The number of rotatable bonds is 2. The number of carboxylic acid groups (broad SMARTS) is 1. The van der Waals surface area contributed by atoms with E-state index in [9.17, 15) is 18.0 Å². The molecule has 1 rings (SSSR count). The largest absolute Gasteiger partial charge is 0.481 e. The first-order valence-corrected chi connectivity index (χ1v) is 4.12. The van der Waals surface area contributed by atoms with Crippen molar-refractivity contribution >= 4 is 17.6 Å². The lowest BCUT2D eigenvalue weighted by atomic mass is 10.1. The molecule has 0 radical (unpaired) electrons. The van der Waals surface area contributed by atoms with Crippen molar-refractivity contribution in [3.63, 3.8) is 0 Å². The fraction of sp³-hybridized carbons (Fsp3) is 0.250. The van der Waals surface area contributed by atoms with E-state index >= 15 is 0 Å². The van der Waals surface area contributed by atoms with Crippen LogP contribution in [0, 0.1) is 0 Å². The van der Waals surface area contributed by atoms with Crippen LogP contribution in [0.2, 0.25) is 5.15 Å². The molecule has 1 aromatic heterocycles. The number of hydrogen-bond donors (Lipinski definition) is 1. The maximum atomic E-state index is 12.4. The number of hydrogen-bond acceptors (Lipinski definition) is 2. The molecule has 1 N–H and O–H groups in total. The van der Waals surface area contributed by atoms with E-state index in [2.05, 4.69) is 4.98 Å². The first-order valence-electron chi connectivity index (χ1n) is 3.74. The van der Waals surface area contributed by atoms with Crippen molar-refractivity contribution in [2.75, 3.05) is 0 Å². The molecule has 0 fully saturated rings. The summed E-state index contributed by atoms with van der Waals surface area (Å²) in [6.45, 7) is 0. The normalized spacial score (nSPS) is 11.5. The highest BCUT2D eigenvalue weighted by atomic mass is 35.5. The predicted molar refractivity (Wildman–Crippen MR) is 45.6 cm³/mol. The van der Waals surface area contributed by atoms with Gasteiger partial charge < -0.3 is 5.11 Å². The van der Waals surface area contributed by atoms with Crippen LogP contribution in [0.25, 0.3) is 0 Å².